The van der Waals surface area contributed by atoms with E-state index in [4.69, 9.17) is 0 Å². The molecule has 2 unspecified atom stereocenters. The number of benzene rings is 1. The topological polar surface area (TPSA) is 17.1 Å². The second kappa shape index (κ2) is 4.93. The number of halogens is 1. The number of aryl methyl sites for hydroxylation is 2. The number of carbonyl (C=O) groups is 1. The fraction of sp³-hybridized carbons (Fsp3) is 0.562. The van der Waals surface area contributed by atoms with Crippen molar-refractivity contribution in [3.05, 3.63) is 34.6 Å². The van der Waals surface area contributed by atoms with Crippen LogP contribution in [0.15, 0.2) is 12.1 Å². The molecule has 2 saturated heterocycles. The van der Waals surface area contributed by atoms with Crippen LogP contribution in [0.5, 0.6) is 0 Å². The lowest BCUT2D eigenvalue weighted by Crippen LogP contribution is -2.26. The third-order valence-corrected chi connectivity index (χ3v) is 6.03. The Hall–Kier alpha value is -0.830. The van der Waals surface area contributed by atoms with E-state index in [0.717, 1.165) is 29.5 Å². The van der Waals surface area contributed by atoms with Crippen molar-refractivity contribution in [2.24, 2.45) is 5.92 Å². The molecule has 102 valence electrons. The van der Waals surface area contributed by atoms with Gasteiger partial charge in [0.25, 0.3) is 0 Å². The van der Waals surface area contributed by atoms with Gasteiger partial charge in [0.1, 0.15) is 5.82 Å². The number of Topliss-reactive ketones (excluding diaryl/α,β-unsaturated/α-hetero) is 1. The lowest BCUT2D eigenvalue weighted by molar-refractivity contribution is 0.0905. The first kappa shape index (κ1) is 13.2. The van der Waals surface area contributed by atoms with Crippen LogP contribution in [-0.4, -0.2) is 16.3 Å². The quantitative estimate of drug-likeness (QED) is 0.750. The first-order valence-electron chi connectivity index (χ1n) is 7.01. The molecule has 2 bridgehead atoms. The van der Waals surface area contributed by atoms with Crippen molar-refractivity contribution in [2.45, 2.75) is 50.0 Å². The Kier molecular flexibility index (Phi) is 3.42. The first-order valence-corrected chi connectivity index (χ1v) is 7.95. The van der Waals surface area contributed by atoms with E-state index in [1.165, 1.54) is 25.0 Å². The molecule has 0 radical (unpaired) electrons. The maximum atomic E-state index is 13.3. The largest absolute Gasteiger partial charge is 0.294 e. The van der Waals surface area contributed by atoms with Gasteiger partial charge in [0, 0.05) is 22.0 Å². The van der Waals surface area contributed by atoms with E-state index in [-0.39, 0.29) is 17.5 Å². The fourth-order valence-electron chi connectivity index (χ4n) is 3.58. The summed E-state index contributed by atoms with van der Waals surface area (Å²) in [5.74, 6) is 0.152. The van der Waals surface area contributed by atoms with Gasteiger partial charge in [0.15, 0.2) is 5.78 Å². The molecule has 2 aliphatic heterocycles. The van der Waals surface area contributed by atoms with Crippen molar-refractivity contribution in [1.29, 1.82) is 0 Å². The van der Waals surface area contributed by atoms with Crippen LogP contribution in [-0.2, 0) is 0 Å². The Morgan fingerprint density at radius 2 is 1.68 bits per heavy atom. The standard InChI is InChI=1S/C16H19FOS/c1-9-5-12(17)6-10(2)15(9)16(18)11-7-13-3-4-14(8-11)19-13/h5-6,11,13-14H,3-4,7-8H2,1-2H3. The number of hydrogen-bond acceptors (Lipinski definition) is 2. The smallest absolute Gasteiger partial charge is 0.166 e. The normalized spacial score (nSPS) is 29.5. The summed E-state index contributed by atoms with van der Waals surface area (Å²) < 4.78 is 13.3. The molecule has 2 heterocycles. The average Bonchev–Trinajstić information content (AvgIpc) is 2.66. The number of carbonyl (C=O) groups excluding carboxylic acids is 1. The molecule has 0 aromatic heterocycles. The predicted octanol–water partition coefficient (Wildman–Crippen LogP) is 4.30. The molecule has 2 fully saturated rings. The highest BCUT2D eigenvalue weighted by Crippen LogP contribution is 2.46. The summed E-state index contributed by atoms with van der Waals surface area (Å²) in [7, 11) is 0. The molecule has 1 aromatic carbocycles. The van der Waals surface area contributed by atoms with Gasteiger partial charge in [-0.1, -0.05) is 0 Å². The van der Waals surface area contributed by atoms with Crippen LogP contribution in [0.3, 0.4) is 0 Å². The number of thioether (sulfide) groups is 1. The van der Waals surface area contributed by atoms with E-state index in [1.807, 2.05) is 13.8 Å². The lowest BCUT2D eigenvalue weighted by Gasteiger charge is -2.27. The highest BCUT2D eigenvalue weighted by atomic mass is 32.2. The summed E-state index contributed by atoms with van der Waals surface area (Å²) in [5, 5.41) is 1.35. The molecule has 2 aliphatic rings. The summed E-state index contributed by atoms with van der Waals surface area (Å²) in [6.45, 7) is 3.69. The monoisotopic (exact) mass is 278 g/mol. The molecule has 2 atom stereocenters. The molecular weight excluding hydrogens is 259 g/mol. The molecule has 1 aromatic rings. The summed E-state index contributed by atoms with van der Waals surface area (Å²) in [6, 6.07) is 2.96. The predicted molar refractivity (Wildman–Crippen MR) is 77.3 cm³/mol. The van der Waals surface area contributed by atoms with Crippen molar-refractivity contribution >= 4 is 17.5 Å². The van der Waals surface area contributed by atoms with Crippen molar-refractivity contribution in [3.63, 3.8) is 0 Å². The minimum Gasteiger partial charge on any atom is -0.294 e. The van der Waals surface area contributed by atoms with E-state index in [0.29, 0.717) is 10.5 Å². The molecule has 0 spiro atoms. The van der Waals surface area contributed by atoms with Crippen LogP contribution < -0.4 is 0 Å². The molecule has 19 heavy (non-hydrogen) atoms. The molecule has 3 heteroatoms. The third-order valence-electron chi connectivity index (χ3n) is 4.40. The fourth-order valence-corrected chi connectivity index (χ4v) is 5.35. The molecule has 0 saturated carbocycles. The van der Waals surface area contributed by atoms with Crippen LogP contribution in [0.2, 0.25) is 0 Å². The van der Waals surface area contributed by atoms with Crippen molar-refractivity contribution in [3.8, 4) is 0 Å². The zero-order chi connectivity index (χ0) is 13.6. The third kappa shape index (κ3) is 2.45. The molecule has 1 nitrogen and oxygen atoms in total. The van der Waals surface area contributed by atoms with Crippen LogP contribution >= 0.6 is 11.8 Å². The highest BCUT2D eigenvalue weighted by Gasteiger charge is 2.38. The van der Waals surface area contributed by atoms with Gasteiger partial charge in [0.05, 0.1) is 0 Å². The lowest BCUT2D eigenvalue weighted by atomic mass is 9.86. The second-order valence-electron chi connectivity index (χ2n) is 5.90. The van der Waals surface area contributed by atoms with Crippen LogP contribution in [0.4, 0.5) is 4.39 Å². The number of hydrogen-bond donors (Lipinski definition) is 0. The maximum absolute atomic E-state index is 13.3. The Labute approximate surface area is 118 Å². The minimum atomic E-state index is -0.245. The van der Waals surface area contributed by atoms with Gasteiger partial charge in [-0.05, 0) is 62.8 Å². The molecular formula is C16H19FOS. The van der Waals surface area contributed by atoms with E-state index in [1.54, 1.807) is 0 Å². The van der Waals surface area contributed by atoms with Gasteiger partial charge < -0.3 is 0 Å². The summed E-state index contributed by atoms with van der Waals surface area (Å²) >= 11 is 2.07. The second-order valence-corrected chi connectivity index (χ2v) is 7.51. The average molecular weight is 278 g/mol. The first-order chi connectivity index (χ1) is 9.04. The highest BCUT2D eigenvalue weighted by molar-refractivity contribution is 8.00. The van der Waals surface area contributed by atoms with Gasteiger partial charge in [-0.25, -0.2) is 4.39 Å². The molecule has 3 rings (SSSR count). The molecule has 0 aliphatic carbocycles. The molecule has 0 N–H and O–H groups in total. The van der Waals surface area contributed by atoms with Gasteiger partial charge in [-0.2, -0.15) is 11.8 Å². The van der Waals surface area contributed by atoms with Crippen LogP contribution in [0.1, 0.15) is 47.2 Å². The Morgan fingerprint density at radius 3 is 2.21 bits per heavy atom. The van der Waals surface area contributed by atoms with Crippen molar-refractivity contribution in [1.82, 2.24) is 0 Å². The van der Waals surface area contributed by atoms with Gasteiger partial charge >= 0.3 is 0 Å². The van der Waals surface area contributed by atoms with Crippen LogP contribution in [0, 0.1) is 25.6 Å². The Balaban J connectivity index is 1.88. The van der Waals surface area contributed by atoms with Gasteiger partial charge in [-0.3, -0.25) is 4.79 Å². The summed E-state index contributed by atoms with van der Waals surface area (Å²) in [4.78, 5) is 12.7. The van der Waals surface area contributed by atoms with E-state index in [9.17, 15) is 9.18 Å². The zero-order valence-corrected chi connectivity index (χ0v) is 12.2. The summed E-state index contributed by atoms with van der Waals surface area (Å²) in [5.41, 5.74) is 2.33. The Bertz CT molecular complexity index is 490. The van der Waals surface area contributed by atoms with Crippen molar-refractivity contribution in [2.75, 3.05) is 0 Å². The zero-order valence-electron chi connectivity index (χ0n) is 11.4. The minimum absolute atomic E-state index is 0.154. The number of ketones is 1. The van der Waals surface area contributed by atoms with Gasteiger partial charge in [-0.15, -0.1) is 0 Å². The maximum Gasteiger partial charge on any atom is 0.166 e. The Morgan fingerprint density at radius 1 is 1.16 bits per heavy atom. The SMILES string of the molecule is Cc1cc(F)cc(C)c1C(=O)C1CC2CCC(C1)S2. The van der Waals surface area contributed by atoms with E-state index in [2.05, 4.69) is 11.8 Å². The summed E-state index contributed by atoms with van der Waals surface area (Å²) in [6.07, 6.45) is 4.55. The van der Waals surface area contributed by atoms with Gasteiger partial charge in [0.2, 0.25) is 0 Å². The number of fused-ring (bicyclic) bond motifs is 2. The van der Waals surface area contributed by atoms with E-state index >= 15 is 0 Å². The molecule has 0 amide bonds. The van der Waals surface area contributed by atoms with Crippen molar-refractivity contribution < 1.29 is 9.18 Å². The van der Waals surface area contributed by atoms with Crippen LogP contribution in [0.25, 0.3) is 0 Å². The van der Waals surface area contributed by atoms with E-state index < -0.39 is 0 Å². The number of rotatable bonds is 2.